The molecule has 0 aliphatic heterocycles. The Morgan fingerprint density at radius 1 is 1.29 bits per heavy atom. The first kappa shape index (κ1) is 17.2. The van der Waals surface area contributed by atoms with E-state index in [9.17, 15) is 18.3 Å². The SMILES string of the molecule is C/C(=N/NS(=O)(=O)c1ccc(C)cc1)C(C)(C)CC(=O)[O-]. The predicted molar refractivity (Wildman–Crippen MR) is 78.0 cm³/mol. The highest BCUT2D eigenvalue weighted by Crippen LogP contribution is 2.22. The van der Waals surface area contributed by atoms with Gasteiger partial charge >= 0.3 is 0 Å². The third-order valence-corrected chi connectivity index (χ3v) is 4.45. The van der Waals surface area contributed by atoms with Crippen LogP contribution in [0.5, 0.6) is 0 Å². The molecule has 0 unspecified atom stereocenters. The highest BCUT2D eigenvalue weighted by atomic mass is 32.2. The van der Waals surface area contributed by atoms with Crippen LogP contribution < -0.4 is 9.94 Å². The Labute approximate surface area is 124 Å². The smallest absolute Gasteiger partial charge is 0.276 e. The van der Waals surface area contributed by atoms with E-state index in [2.05, 4.69) is 9.93 Å². The Morgan fingerprint density at radius 2 is 1.81 bits per heavy atom. The molecule has 0 aliphatic carbocycles. The summed E-state index contributed by atoms with van der Waals surface area (Å²) in [4.78, 5) is 12.9. The van der Waals surface area contributed by atoms with Gasteiger partial charge in [-0.05, 0) is 32.4 Å². The van der Waals surface area contributed by atoms with E-state index in [-0.39, 0.29) is 11.3 Å². The van der Waals surface area contributed by atoms with Gasteiger partial charge in [0.2, 0.25) is 0 Å². The molecule has 0 aromatic heterocycles. The van der Waals surface area contributed by atoms with Crippen molar-refractivity contribution >= 4 is 21.7 Å². The summed E-state index contributed by atoms with van der Waals surface area (Å²) in [6.45, 7) is 6.73. The molecule has 21 heavy (non-hydrogen) atoms. The Hall–Kier alpha value is -1.89. The van der Waals surface area contributed by atoms with Crippen LogP contribution in [0, 0.1) is 12.3 Å². The average Bonchev–Trinajstić information content (AvgIpc) is 2.35. The molecule has 0 saturated carbocycles. The molecule has 0 fully saturated rings. The van der Waals surface area contributed by atoms with Gasteiger partial charge in [0.15, 0.2) is 0 Å². The minimum atomic E-state index is -3.76. The number of hydrazone groups is 1. The maximum atomic E-state index is 12.1. The molecule has 7 heteroatoms. The fourth-order valence-corrected chi connectivity index (χ4v) is 2.40. The zero-order valence-corrected chi connectivity index (χ0v) is 13.3. The number of carbonyl (C=O) groups excluding carboxylic acids is 1. The molecular weight excluding hydrogens is 292 g/mol. The van der Waals surface area contributed by atoms with Gasteiger partial charge < -0.3 is 9.90 Å². The van der Waals surface area contributed by atoms with Crippen LogP contribution in [0.3, 0.4) is 0 Å². The summed E-state index contributed by atoms with van der Waals surface area (Å²) in [7, 11) is -3.76. The van der Waals surface area contributed by atoms with Gasteiger partial charge in [-0.25, -0.2) is 4.83 Å². The second-order valence-electron chi connectivity index (χ2n) is 5.54. The minimum Gasteiger partial charge on any atom is -0.550 e. The number of aliphatic carboxylic acids is 1. The van der Waals surface area contributed by atoms with Crippen molar-refractivity contribution in [3.8, 4) is 0 Å². The number of nitrogens with zero attached hydrogens (tertiary/aromatic N) is 1. The lowest BCUT2D eigenvalue weighted by atomic mass is 9.85. The third kappa shape index (κ3) is 4.86. The van der Waals surface area contributed by atoms with Crippen LogP contribution >= 0.6 is 0 Å². The Kier molecular flexibility index (Phi) is 5.11. The standard InChI is InChI=1S/C14H20N2O4S/c1-10-5-7-12(8-6-10)21(19,20)16-15-11(2)14(3,4)9-13(17)18/h5-8,16H,9H2,1-4H3,(H,17,18)/p-1/b15-11-. The van der Waals surface area contributed by atoms with Crippen LogP contribution in [0.1, 0.15) is 32.8 Å². The number of nitrogens with one attached hydrogen (secondary N) is 1. The third-order valence-electron chi connectivity index (χ3n) is 3.23. The van der Waals surface area contributed by atoms with Crippen LogP contribution in [0.15, 0.2) is 34.3 Å². The van der Waals surface area contributed by atoms with Crippen molar-refractivity contribution in [2.75, 3.05) is 0 Å². The summed E-state index contributed by atoms with van der Waals surface area (Å²) in [5.74, 6) is -1.21. The molecule has 1 N–H and O–H groups in total. The summed E-state index contributed by atoms with van der Waals surface area (Å²) in [5, 5.41) is 14.5. The lowest BCUT2D eigenvalue weighted by Crippen LogP contribution is -2.34. The molecule has 1 aromatic carbocycles. The first-order chi connectivity index (χ1) is 9.54. The van der Waals surface area contributed by atoms with Crippen molar-refractivity contribution in [3.05, 3.63) is 29.8 Å². The second kappa shape index (κ2) is 6.26. The largest absolute Gasteiger partial charge is 0.550 e. The molecular formula is C14H19N2O4S-. The molecule has 0 radical (unpaired) electrons. The van der Waals surface area contributed by atoms with Crippen molar-refractivity contribution in [2.45, 2.75) is 39.0 Å². The summed E-state index contributed by atoms with van der Waals surface area (Å²) in [5.41, 5.74) is 0.514. The van der Waals surface area contributed by atoms with Gasteiger partial charge in [-0.2, -0.15) is 13.5 Å². The van der Waals surface area contributed by atoms with E-state index < -0.39 is 21.4 Å². The van der Waals surface area contributed by atoms with Gasteiger partial charge in [0, 0.05) is 17.1 Å². The van der Waals surface area contributed by atoms with E-state index in [1.54, 1.807) is 32.9 Å². The topological polar surface area (TPSA) is 98.7 Å². The number of carboxylic acids is 1. The van der Waals surface area contributed by atoms with Crippen LogP contribution in [0.2, 0.25) is 0 Å². The van der Waals surface area contributed by atoms with Crippen molar-refractivity contribution < 1.29 is 18.3 Å². The molecule has 0 aliphatic rings. The maximum absolute atomic E-state index is 12.1. The molecule has 1 rings (SSSR count). The lowest BCUT2D eigenvalue weighted by Gasteiger charge is -2.24. The molecule has 1 aromatic rings. The molecule has 0 atom stereocenters. The minimum absolute atomic E-state index is 0.0994. The highest BCUT2D eigenvalue weighted by molar-refractivity contribution is 7.89. The number of benzene rings is 1. The van der Waals surface area contributed by atoms with Crippen molar-refractivity contribution in [2.24, 2.45) is 10.5 Å². The highest BCUT2D eigenvalue weighted by Gasteiger charge is 2.23. The van der Waals surface area contributed by atoms with Gasteiger partial charge in [-0.15, -0.1) is 0 Å². The van der Waals surface area contributed by atoms with E-state index in [1.807, 2.05) is 6.92 Å². The van der Waals surface area contributed by atoms with Crippen molar-refractivity contribution in [1.29, 1.82) is 0 Å². The maximum Gasteiger partial charge on any atom is 0.276 e. The number of sulfonamides is 1. The Morgan fingerprint density at radius 3 is 2.29 bits per heavy atom. The average molecular weight is 311 g/mol. The number of rotatable bonds is 6. The van der Waals surface area contributed by atoms with E-state index in [0.717, 1.165) is 5.56 Å². The van der Waals surface area contributed by atoms with E-state index in [1.165, 1.54) is 12.1 Å². The van der Waals surface area contributed by atoms with Crippen LogP contribution in [0.25, 0.3) is 0 Å². The first-order valence-corrected chi connectivity index (χ1v) is 7.86. The predicted octanol–water partition coefficient (Wildman–Crippen LogP) is 0.815. The molecule has 6 nitrogen and oxygen atoms in total. The van der Waals surface area contributed by atoms with Gasteiger partial charge in [0.1, 0.15) is 0 Å². The van der Waals surface area contributed by atoms with E-state index in [0.29, 0.717) is 5.71 Å². The summed E-state index contributed by atoms with van der Waals surface area (Å²) in [6.07, 6.45) is -0.241. The lowest BCUT2D eigenvalue weighted by molar-refractivity contribution is -0.307. The summed E-state index contributed by atoms with van der Waals surface area (Å²) in [6, 6.07) is 6.33. The molecule has 0 saturated heterocycles. The van der Waals surface area contributed by atoms with Crippen LogP contribution in [-0.4, -0.2) is 20.1 Å². The van der Waals surface area contributed by atoms with Crippen molar-refractivity contribution in [1.82, 2.24) is 4.83 Å². The van der Waals surface area contributed by atoms with Gasteiger partial charge in [-0.3, -0.25) is 0 Å². The fraction of sp³-hybridized carbons (Fsp3) is 0.429. The van der Waals surface area contributed by atoms with Gasteiger partial charge in [-0.1, -0.05) is 31.5 Å². The zero-order chi connectivity index (χ0) is 16.3. The Bertz CT molecular complexity index is 646. The van der Waals surface area contributed by atoms with Gasteiger partial charge in [0.05, 0.1) is 4.90 Å². The van der Waals surface area contributed by atoms with Gasteiger partial charge in [0.25, 0.3) is 10.0 Å². The van der Waals surface area contributed by atoms with E-state index >= 15 is 0 Å². The quantitative estimate of drug-likeness (QED) is 0.621. The van der Waals surface area contributed by atoms with E-state index in [4.69, 9.17) is 0 Å². The molecule has 0 bridgehead atoms. The van der Waals surface area contributed by atoms with Crippen LogP contribution in [0.4, 0.5) is 0 Å². The molecule has 0 spiro atoms. The summed E-state index contributed by atoms with van der Waals surface area (Å²) >= 11 is 0. The number of hydrogen-bond donors (Lipinski definition) is 1. The molecule has 0 amide bonds. The number of carbonyl (C=O) groups is 1. The Balaban J connectivity index is 2.92. The fourth-order valence-electron chi connectivity index (χ4n) is 1.54. The zero-order valence-electron chi connectivity index (χ0n) is 12.5. The summed E-state index contributed by atoms with van der Waals surface area (Å²) < 4.78 is 24.1. The van der Waals surface area contributed by atoms with Crippen LogP contribution in [-0.2, 0) is 14.8 Å². The number of hydrogen-bond acceptors (Lipinski definition) is 5. The van der Waals surface area contributed by atoms with Crippen molar-refractivity contribution in [3.63, 3.8) is 0 Å². The first-order valence-electron chi connectivity index (χ1n) is 6.38. The number of carboxylic acid groups (broad SMARTS) is 1. The molecule has 0 heterocycles. The molecule has 116 valence electrons. The second-order valence-corrected chi connectivity index (χ2v) is 7.20. The number of aryl methyl sites for hydroxylation is 1. The monoisotopic (exact) mass is 311 g/mol. The normalized spacial score (nSPS) is 13.0.